The van der Waals surface area contributed by atoms with Gasteiger partial charge in [0.1, 0.15) is 11.6 Å². The highest BCUT2D eigenvalue weighted by Gasteiger charge is 2.13. The van der Waals surface area contributed by atoms with Gasteiger partial charge in [-0.15, -0.1) is 0 Å². The second kappa shape index (κ2) is 8.10. The quantitative estimate of drug-likeness (QED) is 0.493. The van der Waals surface area contributed by atoms with Gasteiger partial charge in [0.2, 0.25) is 0 Å². The molecule has 0 aliphatic heterocycles. The molecule has 0 atom stereocenters. The number of aromatic nitrogens is 4. The molecule has 0 spiro atoms. The third-order valence-corrected chi connectivity index (χ3v) is 4.36. The SMILES string of the molecule is CCCOC(=O)c1ccc(Nc2nc(C)nc3c2cnn3-c2ccccc2)cc1. The molecule has 0 aliphatic rings. The van der Waals surface area contributed by atoms with Gasteiger partial charge in [0, 0.05) is 5.69 Å². The summed E-state index contributed by atoms with van der Waals surface area (Å²) in [5.41, 5.74) is 2.99. The van der Waals surface area contributed by atoms with Crippen LogP contribution in [0.25, 0.3) is 16.7 Å². The number of nitrogens with zero attached hydrogens (tertiary/aromatic N) is 4. The van der Waals surface area contributed by atoms with Gasteiger partial charge in [0.25, 0.3) is 0 Å². The lowest BCUT2D eigenvalue weighted by Crippen LogP contribution is -2.06. The van der Waals surface area contributed by atoms with Crippen LogP contribution in [0.4, 0.5) is 11.5 Å². The van der Waals surface area contributed by atoms with E-state index in [2.05, 4.69) is 20.4 Å². The molecule has 0 aliphatic carbocycles. The van der Waals surface area contributed by atoms with Gasteiger partial charge in [-0.1, -0.05) is 25.1 Å². The molecule has 0 fully saturated rings. The van der Waals surface area contributed by atoms with Crippen LogP contribution in [0.1, 0.15) is 29.5 Å². The third-order valence-electron chi connectivity index (χ3n) is 4.36. The Bertz CT molecular complexity index is 1140. The Balaban J connectivity index is 1.63. The van der Waals surface area contributed by atoms with Crippen LogP contribution in [0, 0.1) is 6.92 Å². The third kappa shape index (κ3) is 3.94. The summed E-state index contributed by atoms with van der Waals surface area (Å²) >= 11 is 0. The van der Waals surface area contributed by atoms with Crippen LogP contribution in [0.15, 0.2) is 60.8 Å². The highest BCUT2D eigenvalue weighted by Crippen LogP contribution is 2.25. The first-order valence-electron chi connectivity index (χ1n) is 9.47. The number of aryl methyl sites for hydroxylation is 1. The Labute approximate surface area is 168 Å². The smallest absolute Gasteiger partial charge is 0.338 e. The predicted octanol–water partition coefficient (Wildman–Crippen LogP) is 4.43. The van der Waals surface area contributed by atoms with E-state index in [0.717, 1.165) is 28.8 Å². The van der Waals surface area contributed by atoms with Crippen LogP contribution < -0.4 is 5.32 Å². The second-order valence-electron chi connectivity index (χ2n) is 6.59. The summed E-state index contributed by atoms with van der Waals surface area (Å²) in [6.45, 7) is 4.23. The number of carbonyl (C=O) groups is 1. The zero-order chi connectivity index (χ0) is 20.2. The molecule has 0 bridgehead atoms. The van der Waals surface area contributed by atoms with Crippen LogP contribution in [-0.4, -0.2) is 32.3 Å². The molecule has 0 radical (unpaired) electrons. The van der Waals surface area contributed by atoms with Gasteiger partial charge in [0.15, 0.2) is 5.65 Å². The summed E-state index contributed by atoms with van der Waals surface area (Å²) in [7, 11) is 0. The van der Waals surface area contributed by atoms with E-state index in [-0.39, 0.29) is 5.97 Å². The number of benzene rings is 2. The van der Waals surface area contributed by atoms with Crippen LogP contribution in [0.5, 0.6) is 0 Å². The molecule has 2 aromatic heterocycles. The number of esters is 1. The van der Waals surface area contributed by atoms with Crippen molar-refractivity contribution in [1.82, 2.24) is 19.7 Å². The first kappa shape index (κ1) is 18.6. The number of para-hydroxylation sites is 1. The molecule has 2 aromatic carbocycles. The zero-order valence-electron chi connectivity index (χ0n) is 16.3. The molecule has 7 heteroatoms. The monoisotopic (exact) mass is 387 g/mol. The van der Waals surface area contributed by atoms with Gasteiger partial charge in [-0.3, -0.25) is 0 Å². The molecular weight excluding hydrogens is 366 g/mol. The number of anilines is 2. The fourth-order valence-electron chi connectivity index (χ4n) is 2.97. The largest absolute Gasteiger partial charge is 0.462 e. The van der Waals surface area contributed by atoms with Crippen molar-refractivity contribution in [2.75, 3.05) is 11.9 Å². The summed E-state index contributed by atoms with van der Waals surface area (Å²) in [5, 5.41) is 8.60. The lowest BCUT2D eigenvalue weighted by molar-refractivity contribution is 0.0505. The Hall–Kier alpha value is -3.74. The van der Waals surface area contributed by atoms with E-state index in [0.29, 0.717) is 23.8 Å². The first-order chi connectivity index (χ1) is 14.2. The lowest BCUT2D eigenvalue weighted by atomic mass is 10.2. The van der Waals surface area contributed by atoms with Crippen molar-refractivity contribution in [3.63, 3.8) is 0 Å². The van der Waals surface area contributed by atoms with Gasteiger partial charge in [-0.2, -0.15) is 5.10 Å². The average molecular weight is 387 g/mol. The van der Waals surface area contributed by atoms with E-state index in [9.17, 15) is 4.79 Å². The maximum atomic E-state index is 12.0. The van der Waals surface area contributed by atoms with Crippen molar-refractivity contribution in [3.05, 3.63) is 72.2 Å². The van der Waals surface area contributed by atoms with E-state index >= 15 is 0 Å². The van der Waals surface area contributed by atoms with Crippen LogP contribution in [0.2, 0.25) is 0 Å². The van der Waals surface area contributed by atoms with E-state index in [1.54, 1.807) is 23.0 Å². The molecule has 146 valence electrons. The number of hydrogen-bond acceptors (Lipinski definition) is 6. The molecule has 4 aromatic rings. The minimum atomic E-state index is -0.317. The maximum absolute atomic E-state index is 12.0. The molecule has 4 rings (SSSR count). The van der Waals surface area contributed by atoms with Gasteiger partial charge < -0.3 is 10.1 Å². The van der Waals surface area contributed by atoms with Crippen molar-refractivity contribution in [2.24, 2.45) is 0 Å². The van der Waals surface area contributed by atoms with Gasteiger partial charge in [0.05, 0.1) is 29.4 Å². The van der Waals surface area contributed by atoms with E-state index in [4.69, 9.17) is 4.74 Å². The predicted molar refractivity (Wildman–Crippen MR) is 112 cm³/mol. The number of fused-ring (bicyclic) bond motifs is 1. The second-order valence-corrected chi connectivity index (χ2v) is 6.59. The fraction of sp³-hybridized carbons (Fsp3) is 0.182. The number of nitrogens with one attached hydrogen (secondary N) is 1. The average Bonchev–Trinajstić information content (AvgIpc) is 3.17. The molecule has 0 amide bonds. The topological polar surface area (TPSA) is 81.9 Å². The van der Waals surface area contributed by atoms with E-state index in [1.807, 2.05) is 56.3 Å². The summed E-state index contributed by atoms with van der Waals surface area (Å²) in [4.78, 5) is 21.1. The molecule has 0 saturated heterocycles. The van der Waals surface area contributed by atoms with Gasteiger partial charge in [-0.05, 0) is 49.7 Å². The molecule has 0 saturated carbocycles. The van der Waals surface area contributed by atoms with Gasteiger partial charge in [-0.25, -0.2) is 19.4 Å². The zero-order valence-corrected chi connectivity index (χ0v) is 16.3. The normalized spacial score (nSPS) is 10.8. The molecule has 1 N–H and O–H groups in total. The van der Waals surface area contributed by atoms with Crippen molar-refractivity contribution in [2.45, 2.75) is 20.3 Å². The highest BCUT2D eigenvalue weighted by atomic mass is 16.5. The summed E-state index contributed by atoms with van der Waals surface area (Å²) in [5.74, 6) is 0.983. The maximum Gasteiger partial charge on any atom is 0.338 e. The summed E-state index contributed by atoms with van der Waals surface area (Å²) in [6, 6.07) is 17.0. The van der Waals surface area contributed by atoms with Crippen molar-refractivity contribution in [1.29, 1.82) is 0 Å². The number of rotatable bonds is 6. The van der Waals surface area contributed by atoms with E-state index < -0.39 is 0 Å². The molecule has 29 heavy (non-hydrogen) atoms. The minimum Gasteiger partial charge on any atom is -0.462 e. The Kier molecular flexibility index (Phi) is 5.20. The molecular formula is C22H21N5O2. The van der Waals surface area contributed by atoms with Crippen molar-refractivity contribution >= 4 is 28.5 Å². The van der Waals surface area contributed by atoms with Crippen LogP contribution >= 0.6 is 0 Å². The standard InChI is InChI=1S/C22H21N5O2/c1-3-13-29-22(28)16-9-11-17(12-10-16)26-20-19-14-23-27(18-7-5-4-6-8-18)21(19)25-15(2)24-20/h4-12,14H,3,13H2,1-2H3,(H,24,25,26). The Morgan fingerprint density at radius 1 is 1.07 bits per heavy atom. The number of carbonyl (C=O) groups excluding carboxylic acids is 1. The molecule has 7 nitrogen and oxygen atoms in total. The number of hydrogen-bond donors (Lipinski definition) is 1. The Morgan fingerprint density at radius 2 is 1.83 bits per heavy atom. The first-order valence-corrected chi connectivity index (χ1v) is 9.47. The van der Waals surface area contributed by atoms with Crippen molar-refractivity contribution < 1.29 is 9.53 Å². The molecule has 2 heterocycles. The number of ether oxygens (including phenoxy) is 1. The van der Waals surface area contributed by atoms with Crippen molar-refractivity contribution in [3.8, 4) is 5.69 Å². The minimum absolute atomic E-state index is 0.317. The summed E-state index contributed by atoms with van der Waals surface area (Å²) < 4.78 is 6.96. The fourth-order valence-corrected chi connectivity index (χ4v) is 2.97. The van der Waals surface area contributed by atoms with Crippen LogP contribution in [0.3, 0.4) is 0 Å². The molecule has 0 unspecified atom stereocenters. The Morgan fingerprint density at radius 3 is 2.55 bits per heavy atom. The van der Waals surface area contributed by atoms with Gasteiger partial charge >= 0.3 is 5.97 Å². The van der Waals surface area contributed by atoms with Crippen LogP contribution in [-0.2, 0) is 4.74 Å². The van der Waals surface area contributed by atoms with E-state index in [1.165, 1.54) is 0 Å². The highest BCUT2D eigenvalue weighted by molar-refractivity contribution is 5.91. The lowest BCUT2D eigenvalue weighted by Gasteiger charge is -2.09. The summed E-state index contributed by atoms with van der Waals surface area (Å²) in [6.07, 6.45) is 2.55.